The van der Waals surface area contributed by atoms with Gasteiger partial charge in [-0.2, -0.15) is 0 Å². The van der Waals surface area contributed by atoms with E-state index in [1.807, 2.05) is 74.5 Å². The molecule has 0 aliphatic carbocycles. The lowest BCUT2D eigenvalue weighted by molar-refractivity contribution is -0.160. The number of benzene rings is 3. The molecule has 2 aliphatic rings. The molecular weight excluding hydrogens is 477 g/mol. The molecule has 182 valence electrons. The van der Waals surface area contributed by atoms with Gasteiger partial charge in [-0.1, -0.05) is 60.7 Å². The molecule has 2 saturated heterocycles. The first-order chi connectivity index (χ1) is 17.3. The third kappa shape index (κ3) is 4.35. The molecule has 3 aromatic rings. The predicted octanol–water partition coefficient (Wildman–Crippen LogP) is 5.33. The fraction of sp³-hybridized carbons (Fsp3) is 0.207. The number of β-lactam (4-membered cyclic amide) rings is 1. The number of esters is 1. The number of allylic oxidation sites excluding steroid dienone is 1. The Morgan fingerprint density at radius 2 is 1.50 bits per heavy atom. The van der Waals surface area contributed by atoms with Crippen molar-refractivity contribution in [3.63, 3.8) is 0 Å². The Labute approximate surface area is 213 Å². The van der Waals surface area contributed by atoms with Crippen LogP contribution in [-0.2, 0) is 14.3 Å². The van der Waals surface area contributed by atoms with Gasteiger partial charge in [0, 0.05) is 10.3 Å². The van der Waals surface area contributed by atoms with Gasteiger partial charge in [0.2, 0.25) is 0 Å². The molecule has 0 N–H and O–H groups in total. The zero-order chi connectivity index (χ0) is 25.4. The van der Waals surface area contributed by atoms with Crippen LogP contribution in [0.1, 0.15) is 41.4 Å². The average Bonchev–Trinajstić information content (AvgIpc) is 3.14. The summed E-state index contributed by atoms with van der Waals surface area (Å²) in [4.78, 5) is 40.9. The lowest BCUT2D eigenvalue weighted by atomic mass is 9.94. The molecule has 2 heterocycles. The maximum atomic E-state index is 13.6. The second-order valence-corrected chi connectivity index (χ2v) is 11.0. The Morgan fingerprint density at radius 1 is 0.944 bits per heavy atom. The van der Waals surface area contributed by atoms with E-state index in [1.165, 1.54) is 47.0 Å². The molecule has 0 saturated carbocycles. The number of fused-ring (bicyclic) bond motifs is 1. The average molecular weight is 502 g/mol. The Balaban J connectivity index is 1.39. The fourth-order valence-corrected chi connectivity index (χ4v) is 6.18. The number of amides is 1. The highest BCUT2D eigenvalue weighted by Gasteiger charge is 2.62. The molecule has 3 aromatic carbocycles. The monoisotopic (exact) mass is 501 g/mol. The molecule has 0 radical (unpaired) electrons. The minimum Gasteiger partial charge on any atom is -0.451 e. The van der Waals surface area contributed by atoms with Crippen LogP contribution in [0.5, 0.6) is 0 Å². The highest BCUT2D eigenvalue weighted by Crippen LogP contribution is 2.53. The molecular formula is C29H24FNO4S. The third-order valence-electron chi connectivity index (χ3n) is 6.43. The SMILES string of the molecule is CC1(C)S[C@@H]2/C(=C\C(=O)c3ccc(F)cc3)C(=O)N2[C@H]1C(=O)OC(c1ccccc1)c1ccccc1. The van der Waals surface area contributed by atoms with Crippen LogP contribution in [0, 0.1) is 5.82 Å². The Bertz CT molecular complexity index is 1300. The number of ether oxygens (including phenoxy) is 1. The van der Waals surface area contributed by atoms with Crippen LogP contribution in [0.4, 0.5) is 4.39 Å². The van der Waals surface area contributed by atoms with Gasteiger partial charge >= 0.3 is 5.97 Å². The van der Waals surface area contributed by atoms with Crippen LogP contribution < -0.4 is 0 Å². The Kier molecular flexibility index (Phi) is 6.26. The van der Waals surface area contributed by atoms with E-state index in [1.54, 1.807) is 0 Å². The minimum atomic E-state index is -0.812. The van der Waals surface area contributed by atoms with Gasteiger partial charge in [0.1, 0.15) is 17.2 Å². The number of thioether (sulfide) groups is 1. The van der Waals surface area contributed by atoms with Crippen LogP contribution in [-0.4, -0.2) is 38.7 Å². The van der Waals surface area contributed by atoms with Crippen LogP contribution in [0.25, 0.3) is 0 Å². The largest absolute Gasteiger partial charge is 0.451 e. The first-order valence-corrected chi connectivity index (χ1v) is 12.5. The second kappa shape index (κ2) is 9.39. The number of ketones is 1. The Hall–Kier alpha value is -3.71. The number of nitrogens with zero attached hydrogens (tertiary/aromatic N) is 1. The van der Waals surface area contributed by atoms with E-state index in [9.17, 15) is 18.8 Å². The smallest absolute Gasteiger partial charge is 0.331 e. The van der Waals surface area contributed by atoms with E-state index < -0.39 is 34.1 Å². The zero-order valence-electron chi connectivity index (χ0n) is 19.8. The summed E-state index contributed by atoms with van der Waals surface area (Å²) in [5, 5.41) is -0.429. The predicted molar refractivity (Wildman–Crippen MR) is 136 cm³/mol. The number of hydrogen-bond donors (Lipinski definition) is 0. The molecule has 0 unspecified atom stereocenters. The fourth-order valence-electron chi connectivity index (χ4n) is 4.64. The van der Waals surface area contributed by atoms with Crippen molar-refractivity contribution in [2.24, 2.45) is 0 Å². The van der Waals surface area contributed by atoms with Gasteiger partial charge in [0.15, 0.2) is 11.9 Å². The first-order valence-electron chi connectivity index (χ1n) is 11.6. The summed E-state index contributed by atoms with van der Waals surface area (Å²) in [5.41, 5.74) is 2.29. The van der Waals surface area contributed by atoms with Crippen molar-refractivity contribution in [2.75, 3.05) is 0 Å². The van der Waals surface area contributed by atoms with Crippen LogP contribution in [0.3, 0.4) is 0 Å². The molecule has 5 rings (SSSR count). The van der Waals surface area contributed by atoms with Crippen molar-refractivity contribution in [3.8, 4) is 0 Å². The first kappa shape index (κ1) is 24.0. The summed E-state index contributed by atoms with van der Waals surface area (Å²) in [5.74, 6) is -1.68. The Morgan fingerprint density at radius 3 is 2.06 bits per heavy atom. The number of hydrogen-bond acceptors (Lipinski definition) is 5. The lowest BCUT2D eigenvalue weighted by Gasteiger charge is -2.39. The van der Waals surface area contributed by atoms with E-state index in [0.29, 0.717) is 11.1 Å². The molecule has 0 spiro atoms. The highest BCUT2D eigenvalue weighted by atomic mass is 32.2. The number of halogens is 1. The quantitative estimate of drug-likeness (QED) is 0.198. The summed E-state index contributed by atoms with van der Waals surface area (Å²) in [6.45, 7) is 3.79. The summed E-state index contributed by atoms with van der Waals surface area (Å²) >= 11 is 1.45. The van der Waals surface area contributed by atoms with Crippen molar-refractivity contribution < 1.29 is 23.5 Å². The summed E-state index contributed by atoms with van der Waals surface area (Å²) in [7, 11) is 0. The van der Waals surface area contributed by atoms with E-state index in [2.05, 4.69) is 0 Å². The number of rotatable bonds is 6. The summed E-state index contributed by atoms with van der Waals surface area (Å²) < 4.78 is 18.6. The molecule has 36 heavy (non-hydrogen) atoms. The van der Waals surface area contributed by atoms with Gasteiger partial charge in [-0.05, 0) is 55.3 Å². The number of carbonyl (C=O) groups excluding carboxylic acids is 3. The van der Waals surface area contributed by atoms with E-state index in [-0.39, 0.29) is 11.7 Å². The maximum Gasteiger partial charge on any atom is 0.331 e. The van der Waals surface area contributed by atoms with Crippen LogP contribution >= 0.6 is 11.8 Å². The highest BCUT2D eigenvalue weighted by molar-refractivity contribution is 8.01. The van der Waals surface area contributed by atoms with E-state index in [4.69, 9.17) is 4.74 Å². The van der Waals surface area contributed by atoms with Gasteiger partial charge in [-0.15, -0.1) is 11.8 Å². The van der Waals surface area contributed by atoms with E-state index >= 15 is 0 Å². The van der Waals surface area contributed by atoms with Gasteiger partial charge in [0.05, 0.1) is 5.57 Å². The molecule has 5 nitrogen and oxygen atoms in total. The van der Waals surface area contributed by atoms with Crippen molar-refractivity contribution >= 4 is 29.4 Å². The van der Waals surface area contributed by atoms with Crippen LogP contribution in [0.2, 0.25) is 0 Å². The summed E-state index contributed by atoms with van der Waals surface area (Å²) in [6.07, 6.45) is 0.677. The number of carbonyl (C=O) groups is 3. The van der Waals surface area contributed by atoms with Gasteiger partial charge < -0.3 is 9.64 Å². The molecule has 2 atom stereocenters. The lowest BCUT2D eigenvalue weighted by Crippen LogP contribution is -2.59. The summed E-state index contributed by atoms with van der Waals surface area (Å²) in [6, 6.07) is 23.3. The third-order valence-corrected chi connectivity index (χ3v) is 7.96. The van der Waals surface area contributed by atoms with Crippen molar-refractivity contribution in [1.82, 2.24) is 4.90 Å². The molecule has 7 heteroatoms. The van der Waals surface area contributed by atoms with Gasteiger partial charge in [-0.3, -0.25) is 9.59 Å². The normalized spacial score (nSPS) is 21.3. The second-order valence-electron chi connectivity index (χ2n) is 9.30. The maximum absolute atomic E-state index is 13.6. The van der Waals surface area contributed by atoms with Crippen molar-refractivity contribution in [2.45, 2.75) is 36.1 Å². The molecule has 2 aliphatic heterocycles. The van der Waals surface area contributed by atoms with Crippen molar-refractivity contribution in [3.05, 3.63) is 119 Å². The topological polar surface area (TPSA) is 63.7 Å². The van der Waals surface area contributed by atoms with Gasteiger partial charge in [-0.25, -0.2) is 9.18 Å². The van der Waals surface area contributed by atoms with Gasteiger partial charge in [0.25, 0.3) is 5.91 Å². The molecule has 0 aromatic heterocycles. The minimum absolute atomic E-state index is 0.293. The molecule has 0 bridgehead atoms. The molecule has 1 amide bonds. The van der Waals surface area contributed by atoms with Crippen LogP contribution in [0.15, 0.2) is 96.6 Å². The molecule has 2 fully saturated rings. The van der Waals surface area contributed by atoms with E-state index in [0.717, 1.165) is 11.1 Å². The zero-order valence-corrected chi connectivity index (χ0v) is 20.6. The van der Waals surface area contributed by atoms with Crippen molar-refractivity contribution in [1.29, 1.82) is 0 Å². The standard InChI is InChI=1S/C29H24FNO4S/c1-29(2)25(28(34)35-24(19-9-5-3-6-10-19)20-11-7-4-8-12-20)31-26(33)22(27(31)36-29)17-23(32)18-13-15-21(30)16-14-18/h3-17,24-25,27H,1-2H3/b22-17-/t25-,27+/m0/s1.